The van der Waals surface area contributed by atoms with Crippen LogP contribution < -0.4 is 4.74 Å². The molecule has 0 aliphatic carbocycles. The summed E-state index contributed by atoms with van der Waals surface area (Å²) in [5.74, 6) is 2.60. The number of methoxy groups -OCH3 is 1. The lowest BCUT2D eigenvalue weighted by Gasteiger charge is -2.41. The zero-order valence-corrected chi connectivity index (χ0v) is 13.2. The van der Waals surface area contributed by atoms with Crippen LogP contribution in [0.1, 0.15) is 18.4 Å². The van der Waals surface area contributed by atoms with E-state index < -0.39 is 0 Å². The van der Waals surface area contributed by atoms with Gasteiger partial charge in [0, 0.05) is 32.2 Å². The molecule has 1 aromatic carbocycles. The van der Waals surface area contributed by atoms with Crippen molar-refractivity contribution < 1.29 is 9.53 Å². The van der Waals surface area contributed by atoms with Gasteiger partial charge in [-0.15, -0.1) is 0 Å². The molecule has 1 aromatic rings. The largest absolute Gasteiger partial charge is 0.497 e. The molecule has 4 aliphatic heterocycles. The third-order valence-corrected chi connectivity index (χ3v) is 5.48. The van der Waals surface area contributed by atoms with Crippen LogP contribution in [0.2, 0.25) is 0 Å². The Morgan fingerprint density at radius 3 is 2.86 bits per heavy atom. The molecule has 4 bridgehead atoms. The highest BCUT2D eigenvalue weighted by Gasteiger charge is 2.42. The lowest BCUT2D eigenvalue weighted by molar-refractivity contribution is -0.133. The van der Waals surface area contributed by atoms with Crippen molar-refractivity contribution >= 4 is 5.91 Å². The van der Waals surface area contributed by atoms with Crippen LogP contribution in [0, 0.1) is 11.8 Å². The monoisotopic (exact) mass is 300 g/mol. The first-order valence-electron chi connectivity index (χ1n) is 8.36. The number of hydrogen-bond donors (Lipinski definition) is 0. The van der Waals surface area contributed by atoms with Gasteiger partial charge < -0.3 is 14.5 Å². The summed E-state index contributed by atoms with van der Waals surface area (Å²) < 4.78 is 5.26. The molecule has 0 radical (unpaired) electrons. The SMILES string of the molecule is COc1cccc(CC(=O)N2CC3CC4CC2CN(C4)C3)c1. The molecule has 0 N–H and O–H groups in total. The number of nitrogens with zero attached hydrogens (tertiary/aromatic N) is 2. The second-order valence-electron chi connectivity index (χ2n) is 7.15. The first-order chi connectivity index (χ1) is 10.7. The molecule has 4 saturated heterocycles. The van der Waals surface area contributed by atoms with E-state index in [1.807, 2.05) is 24.3 Å². The number of benzene rings is 1. The Balaban J connectivity index is 1.50. The van der Waals surface area contributed by atoms with Crippen molar-refractivity contribution in [3.63, 3.8) is 0 Å². The van der Waals surface area contributed by atoms with Crippen molar-refractivity contribution in [1.29, 1.82) is 0 Å². The van der Waals surface area contributed by atoms with E-state index in [4.69, 9.17) is 4.74 Å². The minimum atomic E-state index is 0.285. The van der Waals surface area contributed by atoms with Gasteiger partial charge in [0.2, 0.25) is 5.91 Å². The van der Waals surface area contributed by atoms with Crippen LogP contribution in [0.4, 0.5) is 0 Å². The summed E-state index contributed by atoms with van der Waals surface area (Å²) in [5, 5.41) is 0. The fraction of sp³-hybridized carbons (Fsp3) is 0.611. The molecule has 118 valence electrons. The van der Waals surface area contributed by atoms with Gasteiger partial charge in [-0.25, -0.2) is 0 Å². The second kappa shape index (κ2) is 5.58. The van der Waals surface area contributed by atoms with Gasteiger partial charge in [0.05, 0.1) is 13.5 Å². The van der Waals surface area contributed by atoms with Gasteiger partial charge in [0.25, 0.3) is 0 Å². The van der Waals surface area contributed by atoms with Crippen molar-refractivity contribution in [2.75, 3.05) is 33.3 Å². The smallest absolute Gasteiger partial charge is 0.227 e. The molecule has 22 heavy (non-hydrogen) atoms. The van der Waals surface area contributed by atoms with Gasteiger partial charge in [0.1, 0.15) is 5.75 Å². The minimum absolute atomic E-state index is 0.285. The van der Waals surface area contributed by atoms with Crippen molar-refractivity contribution in [2.45, 2.75) is 25.3 Å². The summed E-state index contributed by atoms with van der Waals surface area (Å²) in [6.45, 7) is 4.48. The number of carbonyl (C=O) groups is 1. The maximum absolute atomic E-state index is 12.9. The molecule has 4 atom stereocenters. The highest BCUT2D eigenvalue weighted by Crippen LogP contribution is 2.36. The van der Waals surface area contributed by atoms with Crippen LogP contribution in [0.3, 0.4) is 0 Å². The Hall–Kier alpha value is -1.55. The molecule has 4 heteroatoms. The minimum Gasteiger partial charge on any atom is -0.497 e. The first kappa shape index (κ1) is 14.1. The third-order valence-electron chi connectivity index (χ3n) is 5.48. The van der Waals surface area contributed by atoms with Crippen molar-refractivity contribution in [2.24, 2.45) is 11.8 Å². The Labute approximate surface area is 132 Å². The van der Waals surface area contributed by atoms with E-state index in [1.54, 1.807) is 7.11 Å². The molecule has 4 heterocycles. The molecule has 4 nitrogen and oxygen atoms in total. The maximum Gasteiger partial charge on any atom is 0.227 e. The van der Waals surface area contributed by atoms with E-state index in [2.05, 4.69) is 9.80 Å². The summed E-state index contributed by atoms with van der Waals surface area (Å²) in [7, 11) is 1.67. The standard InChI is InChI=1S/C18H24N2O2/c1-22-17-4-2-3-13(7-17)8-18(21)20-11-15-5-14-6-16(20)12-19(9-14)10-15/h2-4,7,14-16H,5-6,8-12H2,1H3. The quantitative estimate of drug-likeness (QED) is 0.853. The zero-order chi connectivity index (χ0) is 15.1. The van der Waals surface area contributed by atoms with E-state index in [-0.39, 0.29) is 5.91 Å². The Bertz CT molecular complexity index is 560. The van der Waals surface area contributed by atoms with Crippen molar-refractivity contribution in [1.82, 2.24) is 9.80 Å². The molecule has 4 unspecified atom stereocenters. The van der Waals surface area contributed by atoms with Crippen LogP contribution in [-0.4, -0.2) is 55.0 Å². The Morgan fingerprint density at radius 1 is 1.18 bits per heavy atom. The zero-order valence-electron chi connectivity index (χ0n) is 13.2. The average molecular weight is 300 g/mol. The number of ether oxygens (including phenoxy) is 1. The van der Waals surface area contributed by atoms with Gasteiger partial charge in [-0.1, -0.05) is 12.1 Å². The summed E-state index contributed by atoms with van der Waals surface area (Å²) in [6.07, 6.45) is 3.01. The Kier molecular flexibility index (Phi) is 3.57. The van der Waals surface area contributed by atoms with E-state index >= 15 is 0 Å². The highest BCUT2D eigenvalue weighted by molar-refractivity contribution is 5.79. The maximum atomic E-state index is 12.9. The van der Waals surface area contributed by atoms with Gasteiger partial charge >= 0.3 is 0 Å². The van der Waals surface area contributed by atoms with Crippen molar-refractivity contribution in [3.8, 4) is 5.75 Å². The van der Waals surface area contributed by atoms with Crippen LogP contribution >= 0.6 is 0 Å². The summed E-state index contributed by atoms with van der Waals surface area (Å²) in [4.78, 5) is 17.6. The Morgan fingerprint density at radius 2 is 2.05 bits per heavy atom. The topological polar surface area (TPSA) is 32.8 Å². The van der Waals surface area contributed by atoms with Gasteiger partial charge in [-0.05, 0) is 42.4 Å². The molecule has 4 aliphatic rings. The number of amides is 1. The second-order valence-corrected chi connectivity index (χ2v) is 7.15. The predicted octanol–water partition coefficient (Wildman–Crippen LogP) is 1.79. The average Bonchev–Trinajstić information content (AvgIpc) is 2.71. The molecule has 0 spiro atoms. The lowest BCUT2D eigenvalue weighted by Crippen LogP contribution is -2.50. The normalized spacial score (nSPS) is 32.9. The van der Waals surface area contributed by atoms with E-state index in [0.29, 0.717) is 18.4 Å². The fourth-order valence-electron chi connectivity index (χ4n) is 4.65. The van der Waals surface area contributed by atoms with E-state index in [1.165, 1.54) is 25.9 Å². The number of fused-ring (bicyclic) bond motifs is 1. The molecule has 4 fully saturated rings. The molecular formula is C18H24N2O2. The number of carbonyl (C=O) groups excluding carboxylic acids is 1. The molecule has 0 saturated carbocycles. The van der Waals surface area contributed by atoms with Crippen molar-refractivity contribution in [3.05, 3.63) is 29.8 Å². The number of piperidine rings is 2. The highest BCUT2D eigenvalue weighted by atomic mass is 16.5. The van der Waals surface area contributed by atoms with Crippen LogP contribution in [0.5, 0.6) is 5.75 Å². The van der Waals surface area contributed by atoms with E-state index in [0.717, 1.165) is 30.3 Å². The van der Waals surface area contributed by atoms with Gasteiger partial charge in [-0.2, -0.15) is 0 Å². The summed E-state index contributed by atoms with van der Waals surface area (Å²) >= 11 is 0. The fourth-order valence-corrected chi connectivity index (χ4v) is 4.65. The predicted molar refractivity (Wildman–Crippen MR) is 84.9 cm³/mol. The molecule has 1 amide bonds. The molecule has 0 aromatic heterocycles. The number of rotatable bonds is 3. The summed E-state index contributed by atoms with van der Waals surface area (Å²) in [5.41, 5.74) is 1.05. The lowest BCUT2D eigenvalue weighted by atomic mass is 9.84. The molecular weight excluding hydrogens is 276 g/mol. The van der Waals surface area contributed by atoms with Crippen LogP contribution in [0.25, 0.3) is 0 Å². The third kappa shape index (κ3) is 2.60. The molecule has 5 rings (SSSR count). The van der Waals surface area contributed by atoms with Crippen LogP contribution in [0.15, 0.2) is 24.3 Å². The van der Waals surface area contributed by atoms with Crippen LogP contribution in [-0.2, 0) is 11.2 Å². The van der Waals surface area contributed by atoms with Gasteiger partial charge in [-0.3, -0.25) is 4.79 Å². The first-order valence-corrected chi connectivity index (χ1v) is 8.36. The number of hydrogen-bond acceptors (Lipinski definition) is 3. The summed E-state index contributed by atoms with van der Waals surface area (Å²) in [6, 6.07) is 8.31. The van der Waals surface area contributed by atoms with E-state index in [9.17, 15) is 4.79 Å². The van der Waals surface area contributed by atoms with Gasteiger partial charge in [0.15, 0.2) is 0 Å².